The van der Waals surface area contributed by atoms with E-state index in [2.05, 4.69) is 11.1 Å². The number of benzene rings is 1. The van der Waals surface area contributed by atoms with Crippen LogP contribution in [0.5, 0.6) is 0 Å². The summed E-state index contributed by atoms with van der Waals surface area (Å²) < 4.78 is 0. The molecule has 0 aliphatic rings. The summed E-state index contributed by atoms with van der Waals surface area (Å²) in [6.07, 6.45) is 0. The summed E-state index contributed by atoms with van der Waals surface area (Å²) in [5.41, 5.74) is 2.51. The predicted molar refractivity (Wildman–Crippen MR) is 59.1 cm³/mol. The minimum Gasteiger partial charge on any atom is -0.237 e. The van der Waals surface area contributed by atoms with Crippen molar-refractivity contribution in [3.05, 3.63) is 53.7 Å². The smallest absolute Gasteiger partial charge is 0.141 e. The highest BCUT2D eigenvalue weighted by molar-refractivity contribution is 5.61. The minimum absolute atomic E-state index is 0.375. The van der Waals surface area contributed by atoms with Crippen LogP contribution in [0.3, 0.4) is 0 Å². The molecule has 0 unspecified atom stereocenters. The van der Waals surface area contributed by atoms with E-state index in [9.17, 15) is 0 Å². The first-order chi connectivity index (χ1) is 7.83. The molecule has 0 spiro atoms. The van der Waals surface area contributed by atoms with Gasteiger partial charge in [0.05, 0.1) is 17.3 Å². The lowest BCUT2D eigenvalue weighted by Crippen LogP contribution is -1.87. The fourth-order valence-corrected chi connectivity index (χ4v) is 1.41. The van der Waals surface area contributed by atoms with Gasteiger partial charge in [-0.15, -0.1) is 0 Å². The standard InChI is InChI=1S/C13H7N3/c14-8-10-3-1-4-11(7-10)13-6-2-5-12(9-15)16-13/h1-7H. The van der Waals surface area contributed by atoms with E-state index in [1.54, 1.807) is 30.3 Å². The van der Waals surface area contributed by atoms with Crippen LogP contribution in [0.4, 0.5) is 0 Å². The van der Waals surface area contributed by atoms with Crippen LogP contribution in [0.2, 0.25) is 0 Å². The Hall–Kier alpha value is -2.65. The third kappa shape index (κ3) is 1.89. The maximum atomic E-state index is 8.79. The Bertz CT molecular complexity index is 548. The number of rotatable bonds is 1. The van der Waals surface area contributed by atoms with E-state index >= 15 is 0 Å². The zero-order chi connectivity index (χ0) is 11.4. The average Bonchev–Trinajstić information content (AvgIpc) is 2.39. The van der Waals surface area contributed by atoms with E-state index in [4.69, 9.17) is 10.5 Å². The predicted octanol–water partition coefficient (Wildman–Crippen LogP) is 2.49. The molecule has 0 atom stereocenters. The van der Waals surface area contributed by atoms with Gasteiger partial charge in [0.25, 0.3) is 0 Å². The van der Waals surface area contributed by atoms with Crippen LogP contribution < -0.4 is 0 Å². The van der Waals surface area contributed by atoms with Crippen molar-refractivity contribution in [2.24, 2.45) is 0 Å². The maximum absolute atomic E-state index is 8.79. The van der Waals surface area contributed by atoms with E-state index in [1.165, 1.54) is 0 Å². The molecule has 1 heterocycles. The van der Waals surface area contributed by atoms with Gasteiger partial charge in [0.2, 0.25) is 0 Å². The van der Waals surface area contributed by atoms with E-state index < -0.39 is 0 Å². The van der Waals surface area contributed by atoms with Crippen molar-refractivity contribution in [1.29, 1.82) is 10.5 Å². The van der Waals surface area contributed by atoms with Crippen LogP contribution in [0.25, 0.3) is 11.3 Å². The zero-order valence-corrected chi connectivity index (χ0v) is 8.38. The van der Waals surface area contributed by atoms with Gasteiger partial charge in [0.15, 0.2) is 0 Å². The summed E-state index contributed by atoms with van der Waals surface area (Å²) in [4.78, 5) is 4.17. The number of hydrogen-bond acceptors (Lipinski definition) is 3. The lowest BCUT2D eigenvalue weighted by molar-refractivity contribution is 1.26. The number of nitriles is 2. The molecule has 0 aliphatic carbocycles. The molecule has 0 saturated carbocycles. The summed E-state index contributed by atoms with van der Waals surface area (Å²) in [6, 6.07) is 16.5. The van der Waals surface area contributed by atoms with Gasteiger partial charge >= 0.3 is 0 Å². The monoisotopic (exact) mass is 205 g/mol. The molecular weight excluding hydrogens is 198 g/mol. The minimum atomic E-state index is 0.375. The molecule has 0 fully saturated rings. The highest BCUT2D eigenvalue weighted by Gasteiger charge is 2.01. The van der Waals surface area contributed by atoms with Crippen LogP contribution in [0.15, 0.2) is 42.5 Å². The quantitative estimate of drug-likeness (QED) is 0.718. The molecule has 2 aromatic rings. The van der Waals surface area contributed by atoms with Crippen molar-refractivity contribution in [3.63, 3.8) is 0 Å². The van der Waals surface area contributed by atoms with Crippen LogP contribution in [-0.4, -0.2) is 4.98 Å². The van der Waals surface area contributed by atoms with Crippen molar-refractivity contribution >= 4 is 0 Å². The van der Waals surface area contributed by atoms with E-state index in [0.29, 0.717) is 17.0 Å². The van der Waals surface area contributed by atoms with Gasteiger partial charge in [-0.05, 0) is 24.3 Å². The number of nitrogens with zero attached hydrogens (tertiary/aromatic N) is 3. The first-order valence-corrected chi connectivity index (χ1v) is 4.71. The van der Waals surface area contributed by atoms with Crippen LogP contribution in [-0.2, 0) is 0 Å². The number of hydrogen-bond donors (Lipinski definition) is 0. The fourth-order valence-electron chi connectivity index (χ4n) is 1.41. The molecule has 2 rings (SSSR count). The van der Waals surface area contributed by atoms with Crippen molar-refractivity contribution in [3.8, 4) is 23.4 Å². The highest BCUT2D eigenvalue weighted by atomic mass is 14.7. The second-order valence-corrected chi connectivity index (χ2v) is 3.21. The summed E-state index contributed by atoms with van der Waals surface area (Å²) in [5.74, 6) is 0. The van der Waals surface area contributed by atoms with Crippen LogP contribution in [0.1, 0.15) is 11.3 Å². The molecule has 0 N–H and O–H groups in total. The molecule has 0 amide bonds. The van der Waals surface area contributed by atoms with E-state index in [-0.39, 0.29) is 0 Å². The zero-order valence-electron chi connectivity index (χ0n) is 8.38. The van der Waals surface area contributed by atoms with Gasteiger partial charge in [-0.1, -0.05) is 18.2 Å². The Kier molecular flexibility index (Phi) is 2.63. The first-order valence-electron chi connectivity index (χ1n) is 4.71. The fraction of sp³-hybridized carbons (Fsp3) is 0. The molecule has 1 aromatic carbocycles. The van der Waals surface area contributed by atoms with Gasteiger partial charge in [-0.2, -0.15) is 10.5 Å². The molecule has 0 saturated heterocycles. The Morgan fingerprint density at radius 1 is 0.938 bits per heavy atom. The second-order valence-electron chi connectivity index (χ2n) is 3.21. The summed E-state index contributed by atoms with van der Waals surface area (Å²) in [5, 5.41) is 17.5. The van der Waals surface area contributed by atoms with Gasteiger partial charge in [0.1, 0.15) is 11.8 Å². The average molecular weight is 205 g/mol. The maximum Gasteiger partial charge on any atom is 0.141 e. The number of pyridine rings is 1. The van der Waals surface area contributed by atoms with Crippen LogP contribution >= 0.6 is 0 Å². The third-order valence-electron chi connectivity index (χ3n) is 2.15. The van der Waals surface area contributed by atoms with E-state index in [1.807, 2.05) is 18.2 Å². The topological polar surface area (TPSA) is 60.5 Å². The molecule has 16 heavy (non-hydrogen) atoms. The highest BCUT2D eigenvalue weighted by Crippen LogP contribution is 2.18. The molecule has 0 aliphatic heterocycles. The van der Waals surface area contributed by atoms with E-state index in [0.717, 1.165) is 5.56 Å². The van der Waals surface area contributed by atoms with Gasteiger partial charge in [-0.3, -0.25) is 0 Å². The van der Waals surface area contributed by atoms with Crippen molar-refractivity contribution in [2.75, 3.05) is 0 Å². The van der Waals surface area contributed by atoms with Crippen molar-refractivity contribution < 1.29 is 0 Å². The lowest BCUT2D eigenvalue weighted by Gasteiger charge is -2.00. The SMILES string of the molecule is N#Cc1cccc(-c2cccc(C#N)n2)c1. The molecule has 0 radical (unpaired) electrons. The summed E-state index contributed by atoms with van der Waals surface area (Å²) in [7, 11) is 0. The molecule has 0 bridgehead atoms. The Balaban J connectivity index is 2.51. The first kappa shape index (κ1) is 9.89. The molecule has 1 aromatic heterocycles. The largest absolute Gasteiger partial charge is 0.237 e. The Morgan fingerprint density at radius 3 is 2.50 bits per heavy atom. The van der Waals surface area contributed by atoms with Gasteiger partial charge in [0, 0.05) is 5.56 Å². The summed E-state index contributed by atoms with van der Waals surface area (Å²) >= 11 is 0. The summed E-state index contributed by atoms with van der Waals surface area (Å²) in [6.45, 7) is 0. The molecular formula is C13H7N3. The lowest BCUT2D eigenvalue weighted by atomic mass is 10.1. The number of aromatic nitrogens is 1. The van der Waals surface area contributed by atoms with Crippen molar-refractivity contribution in [1.82, 2.24) is 4.98 Å². The molecule has 3 nitrogen and oxygen atoms in total. The Labute approximate surface area is 93.2 Å². The van der Waals surface area contributed by atoms with Crippen molar-refractivity contribution in [2.45, 2.75) is 0 Å². The molecule has 74 valence electrons. The third-order valence-corrected chi connectivity index (χ3v) is 2.15. The normalized spacial score (nSPS) is 9.12. The second kappa shape index (κ2) is 4.25. The molecule has 3 heteroatoms. The van der Waals surface area contributed by atoms with Gasteiger partial charge < -0.3 is 0 Å². The Morgan fingerprint density at radius 2 is 1.75 bits per heavy atom. The van der Waals surface area contributed by atoms with Gasteiger partial charge in [-0.25, -0.2) is 4.98 Å². The van der Waals surface area contributed by atoms with Crippen LogP contribution in [0, 0.1) is 22.7 Å².